The van der Waals surface area contributed by atoms with E-state index in [0.29, 0.717) is 31.1 Å². The minimum atomic E-state index is -3.32. The lowest BCUT2D eigenvalue weighted by Gasteiger charge is -2.21. The average molecular weight is 355 g/mol. The van der Waals surface area contributed by atoms with E-state index < -0.39 is 10.0 Å². The van der Waals surface area contributed by atoms with Crippen LogP contribution in [0.4, 0.5) is 5.95 Å². The van der Waals surface area contributed by atoms with Gasteiger partial charge < -0.3 is 10.2 Å². The highest BCUT2D eigenvalue weighted by molar-refractivity contribution is 7.88. The van der Waals surface area contributed by atoms with Crippen LogP contribution in [0.15, 0.2) is 12.4 Å². The molecule has 1 aromatic rings. The second kappa shape index (κ2) is 7.43. The highest BCUT2D eigenvalue weighted by Gasteiger charge is 2.38. The number of amides is 1. The molecule has 0 radical (unpaired) electrons. The normalized spacial score (nSPS) is 21.3. The molecule has 1 amide bonds. The highest BCUT2D eigenvalue weighted by Crippen LogP contribution is 2.26. The lowest BCUT2D eigenvalue weighted by molar-refractivity contribution is 0.0782. The molecule has 0 spiro atoms. The maximum absolute atomic E-state index is 12.6. The van der Waals surface area contributed by atoms with Crippen molar-refractivity contribution in [2.75, 3.05) is 31.2 Å². The predicted octanol–water partition coefficient (Wildman–Crippen LogP) is 0.554. The molecule has 2 atom stereocenters. The van der Waals surface area contributed by atoms with Crippen LogP contribution in [-0.4, -0.2) is 61.1 Å². The number of likely N-dealkylation sites (tertiary alicyclic amines) is 1. The predicted molar refractivity (Wildman–Crippen MR) is 92.2 cm³/mol. The smallest absolute Gasteiger partial charge is 0.257 e. The van der Waals surface area contributed by atoms with Gasteiger partial charge in [0.1, 0.15) is 0 Å². The van der Waals surface area contributed by atoms with Crippen molar-refractivity contribution >= 4 is 21.9 Å². The van der Waals surface area contributed by atoms with Gasteiger partial charge in [-0.3, -0.25) is 4.79 Å². The van der Waals surface area contributed by atoms with E-state index in [-0.39, 0.29) is 23.8 Å². The van der Waals surface area contributed by atoms with Gasteiger partial charge in [0.25, 0.3) is 5.91 Å². The minimum absolute atomic E-state index is 0.0747. The summed E-state index contributed by atoms with van der Waals surface area (Å²) < 4.78 is 25.8. The van der Waals surface area contributed by atoms with Crippen LogP contribution in [-0.2, 0) is 10.0 Å². The fourth-order valence-corrected chi connectivity index (χ4v) is 3.74. The van der Waals surface area contributed by atoms with E-state index >= 15 is 0 Å². The first-order valence-corrected chi connectivity index (χ1v) is 9.93. The van der Waals surface area contributed by atoms with Gasteiger partial charge in [-0.05, 0) is 18.8 Å². The molecule has 0 aromatic carbocycles. The molecule has 24 heavy (non-hydrogen) atoms. The van der Waals surface area contributed by atoms with Gasteiger partial charge in [-0.1, -0.05) is 13.8 Å². The molecule has 0 unspecified atom stereocenters. The Kier molecular flexibility index (Phi) is 5.76. The third kappa shape index (κ3) is 4.64. The van der Waals surface area contributed by atoms with Crippen LogP contribution in [0.2, 0.25) is 0 Å². The van der Waals surface area contributed by atoms with E-state index in [0.717, 1.165) is 6.26 Å². The summed E-state index contributed by atoms with van der Waals surface area (Å²) in [5, 5.41) is 2.97. The number of hydrogen-bond acceptors (Lipinski definition) is 6. The number of aromatic nitrogens is 2. The summed E-state index contributed by atoms with van der Waals surface area (Å²) in [5.74, 6) is 0.633. The van der Waals surface area contributed by atoms with Crippen LogP contribution in [0, 0.1) is 11.8 Å². The molecule has 1 aromatic heterocycles. The van der Waals surface area contributed by atoms with Crippen LogP contribution < -0.4 is 10.0 Å². The first-order chi connectivity index (χ1) is 11.2. The molecule has 134 valence electrons. The van der Waals surface area contributed by atoms with E-state index in [9.17, 15) is 13.2 Å². The lowest BCUT2D eigenvalue weighted by atomic mass is 9.92. The third-order valence-corrected chi connectivity index (χ3v) is 4.84. The van der Waals surface area contributed by atoms with Crippen LogP contribution >= 0.6 is 0 Å². The van der Waals surface area contributed by atoms with Crippen molar-refractivity contribution in [2.45, 2.75) is 26.8 Å². The van der Waals surface area contributed by atoms with Crippen LogP contribution in [0.1, 0.15) is 31.1 Å². The minimum Gasteiger partial charge on any atom is -0.355 e. The van der Waals surface area contributed by atoms with Gasteiger partial charge >= 0.3 is 0 Å². The molecule has 9 heteroatoms. The monoisotopic (exact) mass is 355 g/mol. The van der Waals surface area contributed by atoms with E-state index in [1.165, 1.54) is 12.4 Å². The van der Waals surface area contributed by atoms with Gasteiger partial charge in [0, 0.05) is 38.1 Å². The van der Waals surface area contributed by atoms with Gasteiger partial charge in [0.15, 0.2) is 0 Å². The summed E-state index contributed by atoms with van der Waals surface area (Å²) in [4.78, 5) is 22.5. The molecule has 1 saturated heterocycles. The van der Waals surface area contributed by atoms with Gasteiger partial charge in [-0.15, -0.1) is 0 Å². The highest BCUT2D eigenvalue weighted by atomic mass is 32.2. The standard InChI is InChI=1S/C15H25N5O3S/c1-5-16-15-17-6-11(7-18-15)14(21)20-8-12(10(2)3)13(9-20)19-24(4,22)23/h6-7,10,12-13,19H,5,8-9H2,1-4H3,(H,16,17,18)/t12-,13+/m0/s1. The molecule has 0 saturated carbocycles. The van der Waals surface area contributed by atoms with Gasteiger partial charge in [-0.25, -0.2) is 23.1 Å². The van der Waals surface area contributed by atoms with Crippen molar-refractivity contribution in [2.24, 2.45) is 11.8 Å². The summed E-state index contributed by atoms with van der Waals surface area (Å²) in [6, 6.07) is -0.272. The molecule has 0 bridgehead atoms. The number of nitrogens with zero attached hydrogens (tertiary/aromatic N) is 3. The third-order valence-electron chi connectivity index (χ3n) is 4.11. The van der Waals surface area contributed by atoms with Crippen molar-refractivity contribution in [3.05, 3.63) is 18.0 Å². The molecule has 8 nitrogen and oxygen atoms in total. The Balaban J connectivity index is 2.12. The maximum atomic E-state index is 12.6. The number of sulfonamides is 1. The van der Waals surface area contributed by atoms with Crippen LogP contribution in [0.5, 0.6) is 0 Å². The Morgan fingerprint density at radius 2 is 1.96 bits per heavy atom. The zero-order chi connectivity index (χ0) is 17.9. The Morgan fingerprint density at radius 3 is 2.46 bits per heavy atom. The summed E-state index contributed by atoms with van der Waals surface area (Å²) in [6.45, 7) is 7.57. The van der Waals surface area contributed by atoms with E-state index in [4.69, 9.17) is 0 Å². The van der Waals surface area contributed by atoms with Crippen molar-refractivity contribution in [1.29, 1.82) is 0 Å². The molecule has 0 aliphatic carbocycles. The van der Waals surface area contributed by atoms with Crippen molar-refractivity contribution < 1.29 is 13.2 Å². The van der Waals surface area contributed by atoms with E-state index in [2.05, 4.69) is 20.0 Å². The molecular weight excluding hydrogens is 330 g/mol. The average Bonchev–Trinajstić information content (AvgIpc) is 2.89. The summed E-state index contributed by atoms with van der Waals surface area (Å²) in [6.07, 6.45) is 4.13. The van der Waals surface area contributed by atoms with Crippen LogP contribution in [0.25, 0.3) is 0 Å². The quantitative estimate of drug-likeness (QED) is 0.772. The number of anilines is 1. The fraction of sp³-hybridized carbons (Fsp3) is 0.667. The number of hydrogen-bond donors (Lipinski definition) is 2. The maximum Gasteiger partial charge on any atom is 0.257 e. The Hall–Kier alpha value is -1.74. The van der Waals surface area contributed by atoms with Crippen LogP contribution in [0.3, 0.4) is 0 Å². The van der Waals surface area contributed by atoms with Crippen molar-refractivity contribution in [3.8, 4) is 0 Å². The Bertz CT molecular complexity index is 675. The van der Waals surface area contributed by atoms with Gasteiger partial charge in [0.2, 0.25) is 16.0 Å². The Labute approximate surface area is 143 Å². The second-order valence-corrected chi connectivity index (χ2v) is 8.22. The molecule has 2 heterocycles. The van der Waals surface area contributed by atoms with E-state index in [1.54, 1.807) is 4.90 Å². The van der Waals surface area contributed by atoms with Gasteiger partial charge in [-0.2, -0.15) is 0 Å². The topological polar surface area (TPSA) is 104 Å². The summed E-state index contributed by atoms with van der Waals surface area (Å²) in [5.41, 5.74) is 0.402. The fourth-order valence-electron chi connectivity index (χ4n) is 2.94. The first kappa shape index (κ1) is 18.6. The zero-order valence-corrected chi connectivity index (χ0v) is 15.3. The van der Waals surface area contributed by atoms with Crippen molar-refractivity contribution in [3.63, 3.8) is 0 Å². The molecular formula is C15H25N5O3S. The van der Waals surface area contributed by atoms with Crippen molar-refractivity contribution in [1.82, 2.24) is 19.6 Å². The first-order valence-electron chi connectivity index (χ1n) is 8.03. The summed E-state index contributed by atoms with van der Waals surface area (Å²) in [7, 11) is -3.32. The second-order valence-electron chi connectivity index (χ2n) is 6.44. The largest absolute Gasteiger partial charge is 0.355 e. The zero-order valence-electron chi connectivity index (χ0n) is 14.5. The number of nitrogens with one attached hydrogen (secondary N) is 2. The molecule has 1 fully saturated rings. The SMILES string of the molecule is CCNc1ncc(C(=O)N2C[C@@H](NS(C)(=O)=O)[C@H](C(C)C)C2)cn1. The van der Waals surface area contributed by atoms with E-state index in [1.807, 2.05) is 20.8 Å². The molecule has 1 aliphatic heterocycles. The molecule has 2 rings (SSSR count). The summed E-state index contributed by atoms with van der Waals surface area (Å²) >= 11 is 0. The lowest BCUT2D eigenvalue weighted by Crippen LogP contribution is -2.41. The molecule has 1 aliphatic rings. The van der Waals surface area contributed by atoms with Gasteiger partial charge in [0.05, 0.1) is 11.8 Å². The number of carbonyl (C=O) groups excluding carboxylic acids is 1. The number of rotatable bonds is 6. The number of carbonyl (C=O) groups is 1. The Morgan fingerprint density at radius 1 is 1.33 bits per heavy atom. The molecule has 2 N–H and O–H groups in total.